The van der Waals surface area contributed by atoms with Crippen molar-refractivity contribution in [3.8, 4) is 22.8 Å². The molecule has 2 aromatic rings. The number of likely N-dealkylation sites (tertiary alicyclic amines) is 1. The highest BCUT2D eigenvalue weighted by atomic mass is 16.6. The van der Waals surface area contributed by atoms with Crippen molar-refractivity contribution in [2.75, 3.05) is 32.8 Å². The van der Waals surface area contributed by atoms with E-state index in [0.29, 0.717) is 61.7 Å². The molecule has 7 nitrogen and oxygen atoms in total. The van der Waals surface area contributed by atoms with E-state index in [9.17, 15) is 4.79 Å². The fourth-order valence-corrected chi connectivity index (χ4v) is 3.15. The Kier molecular flexibility index (Phi) is 3.86. The molecule has 2 aliphatic heterocycles. The number of fused-ring (bicyclic) bond motifs is 1. The van der Waals surface area contributed by atoms with Crippen LogP contribution in [0.25, 0.3) is 11.3 Å². The minimum atomic E-state index is -0.121. The highest BCUT2D eigenvalue weighted by Crippen LogP contribution is 2.35. The summed E-state index contributed by atoms with van der Waals surface area (Å²) >= 11 is 0. The second-order valence-corrected chi connectivity index (χ2v) is 6.03. The van der Waals surface area contributed by atoms with Crippen LogP contribution < -0.4 is 15.2 Å². The number of nitrogens with zero attached hydrogens (tertiary/aromatic N) is 2. The van der Waals surface area contributed by atoms with Crippen LogP contribution in [0, 0.1) is 5.92 Å². The summed E-state index contributed by atoms with van der Waals surface area (Å²) in [5.41, 5.74) is 6.77. The van der Waals surface area contributed by atoms with Crippen molar-refractivity contribution < 1.29 is 18.7 Å². The minimum absolute atomic E-state index is 0.121. The Labute approximate surface area is 139 Å². The maximum absolute atomic E-state index is 12.8. The lowest BCUT2D eigenvalue weighted by atomic mass is 10.1. The molecule has 3 heterocycles. The first-order valence-corrected chi connectivity index (χ1v) is 8.09. The zero-order valence-corrected chi connectivity index (χ0v) is 13.2. The summed E-state index contributed by atoms with van der Waals surface area (Å²) in [5.74, 6) is 2.04. The van der Waals surface area contributed by atoms with Gasteiger partial charge in [-0.2, -0.15) is 0 Å². The number of ether oxygens (including phenoxy) is 2. The molecule has 1 fully saturated rings. The summed E-state index contributed by atoms with van der Waals surface area (Å²) in [6.45, 7) is 3.01. The van der Waals surface area contributed by atoms with Gasteiger partial charge in [-0.15, -0.1) is 0 Å². The molecule has 126 valence electrons. The second kappa shape index (κ2) is 6.16. The molecule has 0 radical (unpaired) electrons. The number of carbonyl (C=O) groups excluding carboxylic acids is 1. The molecule has 1 amide bonds. The van der Waals surface area contributed by atoms with Gasteiger partial charge < -0.3 is 24.5 Å². The first-order valence-electron chi connectivity index (χ1n) is 8.09. The molecular formula is C17H19N3O4. The number of hydrogen-bond acceptors (Lipinski definition) is 6. The van der Waals surface area contributed by atoms with Crippen molar-refractivity contribution in [2.24, 2.45) is 11.7 Å². The van der Waals surface area contributed by atoms with Crippen LogP contribution in [-0.2, 0) is 0 Å². The normalized spacial score (nSPS) is 19.5. The molecule has 1 aromatic heterocycles. The molecule has 4 rings (SSSR count). The van der Waals surface area contributed by atoms with Crippen LogP contribution in [0.15, 0.2) is 29.0 Å². The number of carbonyl (C=O) groups is 1. The lowest BCUT2D eigenvalue weighted by molar-refractivity contribution is 0.0783. The van der Waals surface area contributed by atoms with E-state index in [-0.39, 0.29) is 5.91 Å². The Morgan fingerprint density at radius 2 is 2.12 bits per heavy atom. The van der Waals surface area contributed by atoms with E-state index in [2.05, 4.69) is 4.98 Å². The van der Waals surface area contributed by atoms with E-state index in [1.54, 1.807) is 4.90 Å². The van der Waals surface area contributed by atoms with Gasteiger partial charge in [0, 0.05) is 18.7 Å². The van der Waals surface area contributed by atoms with Gasteiger partial charge in [0.05, 0.1) is 0 Å². The Hall–Kier alpha value is -2.54. The van der Waals surface area contributed by atoms with E-state index >= 15 is 0 Å². The van der Waals surface area contributed by atoms with Crippen molar-refractivity contribution >= 4 is 5.91 Å². The fourth-order valence-electron chi connectivity index (χ4n) is 3.15. The summed E-state index contributed by atoms with van der Waals surface area (Å²) in [7, 11) is 0. The van der Waals surface area contributed by atoms with Crippen molar-refractivity contribution in [3.63, 3.8) is 0 Å². The quantitative estimate of drug-likeness (QED) is 0.918. The van der Waals surface area contributed by atoms with Crippen LogP contribution in [0.4, 0.5) is 0 Å². The van der Waals surface area contributed by atoms with E-state index < -0.39 is 0 Å². The molecule has 7 heteroatoms. The van der Waals surface area contributed by atoms with Crippen LogP contribution in [0.3, 0.4) is 0 Å². The lowest BCUT2D eigenvalue weighted by Gasteiger charge is -2.19. The molecule has 0 bridgehead atoms. The first-order chi connectivity index (χ1) is 11.8. The van der Waals surface area contributed by atoms with Gasteiger partial charge in [0.25, 0.3) is 5.91 Å². The Morgan fingerprint density at radius 3 is 2.92 bits per heavy atom. The third kappa shape index (κ3) is 2.60. The van der Waals surface area contributed by atoms with Gasteiger partial charge in [-0.05, 0) is 37.1 Å². The van der Waals surface area contributed by atoms with E-state index in [1.165, 1.54) is 6.39 Å². The first kappa shape index (κ1) is 15.0. The monoisotopic (exact) mass is 329 g/mol. The van der Waals surface area contributed by atoms with Gasteiger partial charge in [-0.1, -0.05) is 0 Å². The van der Waals surface area contributed by atoms with Gasteiger partial charge in [0.1, 0.15) is 13.2 Å². The van der Waals surface area contributed by atoms with Gasteiger partial charge in [0.2, 0.25) is 0 Å². The summed E-state index contributed by atoms with van der Waals surface area (Å²) in [5, 5.41) is 0. The Balaban J connectivity index is 1.62. The van der Waals surface area contributed by atoms with Crippen molar-refractivity contribution in [1.82, 2.24) is 9.88 Å². The molecule has 1 unspecified atom stereocenters. The average Bonchev–Trinajstić information content (AvgIpc) is 3.30. The molecule has 24 heavy (non-hydrogen) atoms. The molecule has 0 spiro atoms. The predicted molar refractivity (Wildman–Crippen MR) is 86.0 cm³/mol. The van der Waals surface area contributed by atoms with Crippen LogP contribution in [-0.4, -0.2) is 48.6 Å². The lowest BCUT2D eigenvalue weighted by Crippen LogP contribution is -2.30. The molecule has 1 aromatic carbocycles. The van der Waals surface area contributed by atoms with Gasteiger partial charge in [-0.3, -0.25) is 4.79 Å². The molecule has 2 N–H and O–H groups in total. The van der Waals surface area contributed by atoms with E-state index in [1.807, 2.05) is 18.2 Å². The zero-order valence-electron chi connectivity index (χ0n) is 13.2. The van der Waals surface area contributed by atoms with Crippen LogP contribution in [0.2, 0.25) is 0 Å². The number of amides is 1. The summed E-state index contributed by atoms with van der Waals surface area (Å²) in [6, 6.07) is 5.48. The molecule has 0 saturated carbocycles. The highest BCUT2D eigenvalue weighted by molar-refractivity contribution is 5.97. The van der Waals surface area contributed by atoms with E-state index in [4.69, 9.17) is 19.6 Å². The Bertz CT molecular complexity index is 758. The maximum Gasteiger partial charge on any atom is 0.276 e. The number of oxazole rings is 1. The topological polar surface area (TPSA) is 90.8 Å². The minimum Gasteiger partial charge on any atom is -0.486 e. The number of benzene rings is 1. The second-order valence-electron chi connectivity index (χ2n) is 6.03. The summed E-state index contributed by atoms with van der Waals surface area (Å²) < 4.78 is 16.6. The number of aromatic nitrogens is 1. The van der Waals surface area contributed by atoms with Crippen LogP contribution in [0.5, 0.6) is 11.5 Å². The molecule has 0 aliphatic carbocycles. The van der Waals surface area contributed by atoms with Crippen molar-refractivity contribution in [1.29, 1.82) is 0 Å². The molecule has 1 saturated heterocycles. The summed E-state index contributed by atoms with van der Waals surface area (Å²) in [6.07, 6.45) is 2.23. The Morgan fingerprint density at radius 1 is 1.29 bits per heavy atom. The zero-order chi connectivity index (χ0) is 16.5. The van der Waals surface area contributed by atoms with Crippen molar-refractivity contribution in [3.05, 3.63) is 30.3 Å². The highest BCUT2D eigenvalue weighted by Gasteiger charge is 2.30. The van der Waals surface area contributed by atoms with Gasteiger partial charge in [-0.25, -0.2) is 4.98 Å². The maximum atomic E-state index is 12.8. The average molecular weight is 329 g/mol. The number of rotatable bonds is 3. The SMILES string of the molecule is NCC1CCN(C(=O)c2ncoc2-c2ccc3c(c2)OCCO3)C1. The van der Waals surface area contributed by atoms with E-state index in [0.717, 1.165) is 12.0 Å². The molecule has 1 atom stereocenters. The standard InChI is InChI=1S/C17H19N3O4/c18-8-11-3-4-20(9-11)17(21)15-16(24-10-19-15)12-1-2-13-14(7-12)23-6-5-22-13/h1-2,7,10-11H,3-6,8-9,18H2. The fraction of sp³-hybridized carbons (Fsp3) is 0.412. The summed E-state index contributed by atoms with van der Waals surface area (Å²) in [4.78, 5) is 18.7. The largest absolute Gasteiger partial charge is 0.486 e. The molecular weight excluding hydrogens is 310 g/mol. The predicted octanol–water partition coefficient (Wildman–Crippen LogP) is 1.53. The smallest absolute Gasteiger partial charge is 0.276 e. The van der Waals surface area contributed by atoms with Crippen molar-refractivity contribution in [2.45, 2.75) is 6.42 Å². The third-order valence-electron chi connectivity index (χ3n) is 4.48. The third-order valence-corrected chi connectivity index (χ3v) is 4.48. The number of hydrogen-bond donors (Lipinski definition) is 1. The molecule has 2 aliphatic rings. The van der Waals surface area contributed by atoms with Gasteiger partial charge >= 0.3 is 0 Å². The van der Waals surface area contributed by atoms with Crippen LogP contribution in [0.1, 0.15) is 16.9 Å². The number of nitrogens with two attached hydrogens (primary N) is 1. The van der Waals surface area contributed by atoms with Crippen LogP contribution >= 0.6 is 0 Å². The van der Waals surface area contributed by atoms with Gasteiger partial charge in [0.15, 0.2) is 29.3 Å².